The first-order valence-corrected chi connectivity index (χ1v) is 8.68. The Morgan fingerprint density at radius 1 is 1.00 bits per heavy atom. The Kier molecular flexibility index (Phi) is 5.29. The number of hydrogen-bond donors (Lipinski definition) is 2. The van der Waals surface area contributed by atoms with Gasteiger partial charge in [0.15, 0.2) is 0 Å². The topological polar surface area (TPSA) is 40.7 Å². The third-order valence-corrected chi connectivity index (χ3v) is 4.62. The lowest BCUT2D eigenvalue weighted by Crippen LogP contribution is -2.22. The minimum atomic E-state index is -0.211. The fourth-order valence-corrected chi connectivity index (χ4v) is 3.30. The van der Waals surface area contributed by atoms with Crippen molar-refractivity contribution in [2.45, 2.75) is 26.7 Å². The smallest absolute Gasteiger partial charge is 0.123 e. The second-order valence-corrected chi connectivity index (χ2v) is 6.34. The van der Waals surface area contributed by atoms with E-state index < -0.39 is 0 Å². The highest BCUT2D eigenvalue weighted by molar-refractivity contribution is 5.63. The van der Waals surface area contributed by atoms with Crippen LogP contribution in [0.3, 0.4) is 0 Å². The van der Waals surface area contributed by atoms with E-state index in [0.29, 0.717) is 0 Å². The molecule has 3 aromatic rings. The predicted molar refractivity (Wildman–Crippen MR) is 100 cm³/mol. The number of benzene rings is 2. The van der Waals surface area contributed by atoms with Gasteiger partial charge in [-0.05, 0) is 49.2 Å². The van der Waals surface area contributed by atoms with Crippen LogP contribution < -0.4 is 5.32 Å². The van der Waals surface area contributed by atoms with E-state index in [1.807, 2.05) is 19.1 Å². The summed E-state index contributed by atoms with van der Waals surface area (Å²) >= 11 is 0. The summed E-state index contributed by atoms with van der Waals surface area (Å²) < 4.78 is 13.1. The average Bonchev–Trinajstić information content (AvgIpc) is 2.96. The minimum absolute atomic E-state index is 0.211. The normalized spacial score (nSPS) is 12.3. The molecule has 1 unspecified atom stereocenters. The second kappa shape index (κ2) is 7.62. The van der Waals surface area contributed by atoms with Crippen LogP contribution in [0.2, 0.25) is 0 Å². The molecule has 0 saturated heterocycles. The molecule has 1 heterocycles. The van der Waals surface area contributed by atoms with E-state index in [-0.39, 0.29) is 11.7 Å². The number of H-pyrrole nitrogens is 1. The zero-order chi connectivity index (χ0) is 17.8. The SMILES string of the molecule is CCNCC(c1ccc(-c2ccc(F)cc2)cc1)c1c(C)n[nH]c1C. The number of hydrogen-bond acceptors (Lipinski definition) is 2. The average molecular weight is 337 g/mol. The molecule has 2 aromatic carbocycles. The van der Waals surface area contributed by atoms with E-state index in [1.54, 1.807) is 0 Å². The summed E-state index contributed by atoms with van der Waals surface area (Å²) in [5, 5.41) is 10.9. The Labute approximate surface area is 148 Å². The molecule has 2 N–H and O–H groups in total. The number of likely N-dealkylation sites (N-methyl/N-ethyl adjacent to an activating group) is 1. The third-order valence-electron chi connectivity index (χ3n) is 4.62. The van der Waals surface area contributed by atoms with Gasteiger partial charge in [0.1, 0.15) is 5.82 Å². The van der Waals surface area contributed by atoms with Gasteiger partial charge in [0.25, 0.3) is 0 Å². The van der Waals surface area contributed by atoms with E-state index in [1.165, 1.54) is 23.3 Å². The van der Waals surface area contributed by atoms with Gasteiger partial charge in [0.05, 0.1) is 5.69 Å². The maximum Gasteiger partial charge on any atom is 0.123 e. The molecule has 1 atom stereocenters. The lowest BCUT2D eigenvalue weighted by molar-refractivity contribution is 0.628. The molecule has 0 radical (unpaired) electrons. The van der Waals surface area contributed by atoms with E-state index in [0.717, 1.165) is 35.6 Å². The van der Waals surface area contributed by atoms with Crippen LogP contribution >= 0.6 is 0 Å². The highest BCUT2D eigenvalue weighted by Crippen LogP contribution is 2.30. The standard InChI is InChI=1S/C21H24FN3/c1-4-23-13-20(21-14(2)24-25-15(21)3)18-7-5-16(6-8-18)17-9-11-19(22)12-10-17/h5-12,20,23H,4,13H2,1-3H3,(H,24,25). The fourth-order valence-electron chi connectivity index (χ4n) is 3.30. The second-order valence-electron chi connectivity index (χ2n) is 6.34. The van der Waals surface area contributed by atoms with Crippen molar-refractivity contribution in [3.05, 3.63) is 76.9 Å². The number of aryl methyl sites for hydroxylation is 2. The van der Waals surface area contributed by atoms with Gasteiger partial charge in [-0.15, -0.1) is 0 Å². The first-order chi connectivity index (χ1) is 12.1. The molecule has 0 aliphatic rings. The quantitative estimate of drug-likeness (QED) is 0.691. The molecular weight excluding hydrogens is 313 g/mol. The molecule has 0 aliphatic carbocycles. The molecule has 0 bridgehead atoms. The van der Waals surface area contributed by atoms with Gasteiger partial charge >= 0.3 is 0 Å². The number of rotatable bonds is 6. The zero-order valence-corrected chi connectivity index (χ0v) is 14.9. The predicted octanol–water partition coefficient (Wildman–Crippen LogP) is 4.57. The van der Waals surface area contributed by atoms with Crippen molar-refractivity contribution in [1.82, 2.24) is 15.5 Å². The number of aromatic amines is 1. The first-order valence-electron chi connectivity index (χ1n) is 8.68. The van der Waals surface area contributed by atoms with Gasteiger partial charge in [-0.1, -0.05) is 43.3 Å². The van der Waals surface area contributed by atoms with Crippen molar-refractivity contribution >= 4 is 0 Å². The summed E-state index contributed by atoms with van der Waals surface area (Å²) in [5.74, 6) is 0.0398. The fraction of sp³-hybridized carbons (Fsp3) is 0.286. The highest BCUT2D eigenvalue weighted by atomic mass is 19.1. The first kappa shape index (κ1) is 17.4. The number of aromatic nitrogens is 2. The van der Waals surface area contributed by atoms with Gasteiger partial charge in [0, 0.05) is 23.7 Å². The molecule has 3 rings (SSSR count). The summed E-state index contributed by atoms with van der Waals surface area (Å²) in [5.41, 5.74) is 6.78. The minimum Gasteiger partial charge on any atom is -0.316 e. The summed E-state index contributed by atoms with van der Waals surface area (Å²) in [6.07, 6.45) is 0. The van der Waals surface area contributed by atoms with Crippen molar-refractivity contribution in [3.63, 3.8) is 0 Å². The van der Waals surface area contributed by atoms with Crippen LogP contribution in [0.1, 0.15) is 35.4 Å². The Bertz CT molecular complexity index is 800. The molecule has 130 valence electrons. The maximum atomic E-state index is 13.1. The van der Waals surface area contributed by atoms with Crippen molar-refractivity contribution in [1.29, 1.82) is 0 Å². The van der Waals surface area contributed by atoms with Crippen LogP contribution in [0.5, 0.6) is 0 Å². The Morgan fingerprint density at radius 3 is 2.12 bits per heavy atom. The molecule has 0 amide bonds. The molecule has 0 spiro atoms. The summed E-state index contributed by atoms with van der Waals surface area (Å²) in [4.78, 5) is 0. The number of nitrogens with one attached hydrogen (secondary N) is 2. The summed E-state index contributed by atoms with van der Waals surface area (Å²) in [6, 6.07) is 15.1. The van der Waals surface area contributed by atoms with Gasteiger partial charge in [0.2, 0.25) is 0 Å². The molecule has 25 heavy (non-hydrogen) atoms. The summed E-state index contributed by atoms with van der Waals surface area (Å²) in [7, 11) is 0. The van der Waals surface area contributed by atoms with Crippen LogP contribution in [0.4, 0.5) is 4.39 Å². The monoisotopic (exact) mass is 337 g/mol. The van der Waals surface area contributed by atoms with Gasteiger partial charge in [-0.2, -0.15) is 5.10 Å². The van der Waals surface area contributed by atoms with Gasteiger partial charge < -0.3 is 5.32 Å². The van der Waals surface area contributed by atoms with Crippen molar-refractivity contribution in [2.24, 2.45) is 0 Å². The van der Waals surface area contributed by atoms with E-state index in [9.17, 15) is 4.39 Å². The molecule has 0 fully saturated rings. The molecule has 0 saturated carbocycles. The lowest BCUT2D eigenvalue weighted by atomic mass is 9.88. The van der Waals surface area contributed by atoms with E-state index in [4.69, 9.17) is 0 Å². The van der Waals surface area contributed by atoms with Crippen LogP contribution in [0.25, 0.3) is 11.1 Å². The zero-order valence-electron chi connectivity index (χ0n) is 14.9. The van der Waals surface area contributed by atoms with E-state index in [2.05, 4.69) is 53.6 Å². The van der Waals surface area contributed by atoms with Crippen molar-refractivity contribution in [2.75, 3.05) is 13.1 Å². The molecule has 4 heteroatoms. The van der Waals surface area contributed by atoms with Crippen LogP contribution in [-0.2, 0) is 0 Å². The van der Waals surface area contributed by atoms with Gasteiger partial charge in [-0.25, -0.2) is 4.39 Å². The van der Waals surface area contributed by atoms with Crippen molar-refractivity contribution in [3.8, 4) is 11.1 Å². The highest BCUT2D eigenvalue weighted by Gasteiger charge is 2.20. The molecule has 3 nitrogen and oxygen atoms in total. The van der Waals surface area contributed by atoms with Crippen molar-refractivity contribution < 1.29 is 4.39 Å². The van der Waals surface area contributed by atoms with Crippen LogP contribution in [-0.4, -0.2) is 23.3 Å². The van der Waals surface area contributed by atoms with E-state index >= 15 is 0 Å². The Balaban J connectivity index is 1.92. The maximum absolute atomic E-state index is 13.1. The van der Waals surface area contributed by atoms with Crippen LogP contribution in [0, 0.1) is 19.7 Å². The third kappa shape index (κ3) is 3.80. The molecule has 0 aliphatic heterocycles. The number of halogens is 1. The number of nitrogens with zero attached hydrogens (tertiary/aromatic N) is 1. The Hall–Kier alpha value is -2.46. The van der Waals surface area contributed by atoms with Gasteiger partial charge in [-0.3, -0.25) is 5.10 Å². The molecule has 1 aromatic heterocycles. The summed E-state index contributed by atoms with van der Waals surface area (Å²) in [6.45, 7) is 8.03. The Morgan fingerprint density at radius 2 is 1.60 bits per heavy atom. The lowest BCUT2D eigenvalue weighted by Gasteiger charge is -2.19. The largest absolute Gasteiger partial charge is 0.316 e. The molecular formula is C21H24FN3. The van der Waals surface area contributed by atoms with Crippen LogP contribution in [0.15, 0.2) is 48.5 Å².